The standard InChI is InChI=1S/C30H37Cl2FN4O2.C2HF3O2/c1-29(2,3)16-19-17-36-26(21-5-4-6-23(32)25(21)33)30(19)22-8-7-20(31)15-24(22)37(27(30)38)28(39)35-14-11-18-9-12-34-13-10-18;3-2(4,5)1(6)7/h4-8,15,18-19,26,34,36H,9-14,16-17H2,1-3H3,(H,35,39);(H,6,7)/t19-,26-,30+;/m1./s1. The number of urea groups is 1. The first-order chi connectivity index (χ1) is 21.5. The van der Waals surface area contributed by atoms with E-state index < -0.39 is 35.5 Å². The highest BCUT2D eigenvalue weighted by molar-refractivity contribution is 6.32. The number of halogens is 6. The van der Waals surface area contributed by atoms with Gasteiger partial charge in [0, 0.05) is 23.7 Å². The number of hydrogen-bond donors (Lipinski definition) is 4. The number of aliphatic carboxylic acids is 1. The van der Waals surface area contributed by atoms with Gasteiger partial charge < -0.3 is 21.1 Å². The average Bonchev–Trinajstić information content (AvgIpc) is 3.44. The van der Waals surface area contributed by atoms with Crippen LogP contribution in [0.2, 0.25) is 10.0 Å². The van der Waals surface area contributed by atoms with Crippen LogP contribution in [-0.2, 0) is 15.0 Å². The van der Waals surface area contributed by atoms with E-state index in [9.17, 15) is 22.8 Å². The molecule has 1 spiro atoms. The molecular weight excluding hydrogens is 651 g/mol. The van der Waals surface area contributed by atoms with Gasteiger partial charge in [-0.2, -0.15) is 13.2 Å². The quantitative estimate of drug-likeness (QED) is 0.256. The van der Waals surface area contributed by atoms with Crippen molar-refractivity contribution in [3.63, 3.8) is 0 Å². The number of benzene rings is 2. The van der Waals surface area contributed by atoms with Crippen LogP contribution in [0.15, 0.2) is 36.4 Å². The molecule has 2 saturated heterocycles. The van der Waals surface area contributed by atoms with Crippen molar-refractivity contribution in [1.82, 2.24) is 16.0 Å². The first-order valence-electron chi connectivity index (χ1n) is 15.1. The molecule has 0 aromatic heterocycles. The average molecular weight is 690 g/mol. The number of alkyl halides is 3. The molecule has 2 fully saturated rings. The number of nitrogens with zero attached hydrogens (tertiary/aromatic N) is 1. The Balaban J connectivity index is 0.000000617. The Morgan fingerprint density at radius 3 is 2.37 bits per heavy atom. The summed E-state index contributed by atoms with van der Waals surface area (Å²) >= 11 is 12.6. The molecule has 5 rings (SSSR count). The molecule has 0 bridgehead atoms. The molecule has 0 unspecified atom stereocenters. The van der Waals surface area contributed by atoms with Crippen molar-refractivity contribution >= 4 is 46.8 Å². The number of anilines is 1. The normalized spacial score (nSPS) is 23.2. The van der Waals surface area contributed by atoms with Crippen LogP contribution in [0, 0.1) is 23.1 Å². The van der Waals surface area contributed by atoms with E-state index in [1.807, 2.05) is 6.07 Å². The van der Waals surface area contributed by atoms with Gasteiger partial charge in [0.05, 0.1) is 16.8 Å². The van der Waals surface area contributed by atoms with E-state index in [0.717, 1.165) is 32.4 Å². The highest BCUT2D eigenvalue weighted by atomic mass is 35.5. The molecule has 14 heteroatoms. The first kappa shape index (κ1) is 35.9. The molecule has 3 aliphatic heterocycles. The lowest BCUT2D eigenvalue weighted by molar-refractivity contribution is -0.192. The minimum Gasteiger partial charge on any atom is -0.475 e. The van der Waals surface area contributed by atoms with Crippen molar-refractivity contribution in [1.29, 1.82) is 0 Å². The monoisotopic (exact) mass is 688 g/mol. The second-order valence-corrected chi connectivity index (χ2v) is 14.0. The van der Waals surface area contributed by atoms with Gasteiger partial charge in [0.25, 0.3) is 0 Å². The van der Waals surface area contributed by atoms with Crippen LogP contribution in [-0.4, -0.2) is 55.4 Å². The van der Waals surface area contributed by atoms with Gasteiger partial charge in [0.15, 0.2) is 0 Å². The van der Waals surface area contributed by atoms with E-state index in [0.29, 0.717) is 47.3 Å². The van der Waals surface area contributed by atoms with Crippen molar-refractivity contribution in [2.45, 2.75) is 64.1 Å². The maximum atomic E-state index is 15.5. The molecular formula is C32H38Cl2F4N4O4. The summed E-state index contributed by atoms with van der Waals surface area (Å²) in [5.41, 5.74) is 0.154. The summed E-state index contributed by atoms with van der Waals surface area (Å²) in [7, 11) is 0. The van der Waals surface area contributed by atoms with Crippen LogP contribution in [0.1, 0.15) is 63.6 Å². The van der Waals surface area contributed by atoms with E-state index >= 15 is 4.39 Å². The Bertz CT molecular complexity index is 1460. The Kier molecular flexibility index (Phi) is 11.0. The molecule has 252 valence electrons. The molecule has 0 saturated carbocycles. The molecule has 3 atom stereocenters. The Morgan fingerprint density at radius 1 is 1.11 bits per heavy atom. The van der Waals surface area contributed by atoms with Crippen LogP contribution < -0.4 is 20.9 Å². The molecule has 46 heavy (non-hydrogen) atoms. The van der Waals surface area contributed by atoms with E-state index in [-0.39, 0.29) is 22.3 Å². The summed E-state index contributed by atoms with van der Waals surface area (Å²) < 4.78 is 47.3. The van der Waals surface area contributed by atoms with E-state index in [1.54, 1.807) is 24.3 Å². The number of carboxylic acid groups (broad SMARTS) is 1. The molecule has 4 N–H and O–H groups in total. The number of amides is 3. The molecule has 2 aromatic carbocycles. The number of carbonyl (C=O) groups is 3. The highest BCUT2D eigenvalue weighted by Crippen LogP contribution is 2.58. The van der Waals surface area contributed by atoms with Gasteiger partial charge in [0.1, 0.15) is 11.2 Å². The lowest BCUT2D eigenvalue weighted by Gasteiger charge is -2.38. The molecule has 0 aliphatic carbocycles. The van der Waals surface area contributed by atoms with Crippen molar-refractivity contribution in [2.75, 3.05) is 31.1 Å². The van der Waals surface area contributed by atoms with E-state index in [2.05, 4.69) is 36.7 Å². The zero-order chi connectivity index (χ0) is 34.0. The summed E-state index contributed by atoms with van der Waals surface area (Å²) in [5, 5.41) is 17.4. The van der Waals surface area contributed by atoms with Gasteiger partial charge in [0.2, 0.25) is 5.91 Å². The van der Waals surface area contributed by atoms with Crippen molar-refractivity contribution in [3.8, 4) is 0 Å². The first-order valence-corrected chi connectivity index (χ1v) is 15.8. The van der Waals surface area contributed by atoms with Crippen LogP contribution in [0.5, 0.6) is 0 Å². The number of rotatable bonds is 5. The minimum atomic E-state index is -5.08. The number of fused-ring (bicyclic) bond motifs is 2. The lowest BCUT2D eigenvalue weighted by atomic mass is 9.63. The van der Waals surface area contributed by atoms with Crippen molar-refractivity contribution in [3.05, 3.63) is 63.4 Å². The van der Waals surface area contributed by atoms with Crippen molar-refractivity contribution < 1.29 is 37.1 Å². The maximum absolute atomic E-state index is 15.5. The summed E-state index contributed by atoms with van der Waals surface area (Å²) in [5.74, 6) is -3.32. The number of piperidine rings is 1. The highest BCUT2D eigenvalue weighted by Gasteiger charge is 2.65. The van der Waals surface area contributed by atoms with Crippen LogP contribution in [0.3, 0.4) is 0 Å². The van der Waals surface area contributed by atoms with Crippen LogP contribution >= 0.6 is 23.2 Å². The second-order valence-electron chi connectivity index (χ2n) is 13.1. The van der Waals surface area contributed by atoms with Gasteiger partial charge in [-0.15, -0.1) is 0 Å². The number of nitrogens with one attached hydrogen (secondary N) is 3. The van der Waals surface area contributed by atoms with Crippen molar-refractivity contribution in [2.24, 2.45) is 17.3 Å². The molecule has 3 heterocycles. The molecule has 2 aromatic rings. The number of hydrogen-bond acceptors (Lipinski definition) is 5. The SMILES string of the molecule is CC(C)(C)C[C@@H]1CN[C@H](c2cccc(Cl)c2F)[C@]12C(=O)N(C(=O)NCCC1CCNCC1)c1cc(Cl)ccc12.O=C(O)C(F)(F)F. The molecule has 3 aliphatic rings. The zero-order valence-electron chi connectivity index (χ0n) is 25.7. The molecule has 8 nitrogen and oxygen atoms in total. The van der Waals surface area contributed by atoms with Crippen LogP contribution in [0.25, 0.3) is 0 Å². The predicted molar refractivity (Wildman–Crippen MR) is 168 cm³/mol. The van der Waals surface area contributed by atoms with Gasteiger partial charge in [-0.05, 0) is 79.8 Å². The van der Waals surface area contributed by atoms with Crippen LogP contribution in [0.4, 0.5) is 28.0 Å². The molecule has 0 radical (unpaired) electrons. The minimum absolute atomic E-state index is 0.00184. The fraction of sp³-hybridized carbons (Fsp3) is 0.531. The van der Waals surface area contributed by atoms with Gasteiger partial charge >= 0.3 is 18.2 Å². The Morgan fingerprint density at radius 2 is 1.76 bits per heavy atom. The largest absolute Gasteiger partial charge is 0.490 e. The smallest absolute Gasteiger partial charge is 0.475 e. The fourth-order valence-corrected chi connectivity index (χ4v) is 7.19. The third-order valence-electron chi connectivity index (χ3n) is 8.76. The van der Waals surface area contributed by atoms with Gasteiger partial charge in [-0.3, -0.25) is 4.79 Å². The van der Waals surface area contributed by atoms with Gasteiger partial charge in [-0.25, -0.2) is 18.9 Å². The summed E-state index contributed by atoms with van der Waals surface area (Å²) in [4.78, 5) is 38.5. The second kappa shape index (κ2) is 14.0. The van der Waals surface area contributed by atoms with E-state index in [4.69, 9.17) is 33.1 Å². The summed E-state index contributed by atoms with van der Waals surface area (Å²) in [6.45, 7) is 9.33. The number of carboxylic acids is 1. The Labute approximate surface area is 275 Å². The number of imide groups is 1. The third kappa shape index (κ3) is 7.45. The third-order valence-corrected chi connectivity index (χ3v) is 9.28. The number of carbonyl (C=O) groups excluding carboxylic acids is 2. The predicted octanol–water partition coefficient (Wildman–Crippen LogP) is 6.85. The lowest BCUT2D eigenvalue weighted by Crippen LogP contribution is -2.52. The summed E-state index contributed by atoms with van der Waals surface area (Å²) in [6.07, 6.45) is -1.38. The summed E-state index contributed by atoms with van der Waals surface area (Å²) in [6, 6.07) is 8.94. The topological polar surface area (TPSA) is 111 Å². The zero-order valence-corrected chi connectivity index (χ0v) is 27.3. The van der Waals surface area contributed by atoms with Gasteiger partial charge in [-0.1, -0.05) is 62.2 Å². The maximum Gasteiger partial charge on any atom is 0.490 e. The van der Waals surface area contributed by atoms with E-state index in [1.165, 1.54) is 11.0 Å². The fourth-order valence-electron chi connectivity index (χ4n) is 6.85. The Hall–Kier alpha value is -2.93. The molecule has 3 amide bonds.